The predicted octanol–water partition coefficient (Wildman–Crippen LogP) is 5.10. The molecule has 0 bridgehead atoms. The summed E-state index contributed by atoms with van der Waals surface area (Å²) in [6, 6.07) is 6.36. The van der Waals surface area contributed by atoms with Crippen LogP contribution in [-0.2, 0) is 4.79 Å². The molecule has 0 saturated heterocycles. The van der Waals surface area contributed by atoms with Gasteiger partial charge in [0, 0.05) is 18.3 Å². The molecule has 1 saturated carbocycles. The van der Waals surface area contributed by atoms with Crippen LogP contribution in [0.15, 0.2) is 30.6 Å². The summed E-state index contributed by atoms with van der Waals surface area (Å²) in [5, 5.41) is 9.70. The van der Waals surface area contributed by atoms with Crippen molar-refractivity contribution in [3.63, 3.8) is 0 Å². The van der Waals surface area contributed by atoms with Gasteiger partial charge in [-0.1, -0.05) is 38.0 Å². The van der Waals surface area contributed by atoms with Gasteiger partial charge < -0.3 is 9.67 Å². The Kier molecular flexibility index (Phi) is 5.49. The van der Waals surface area contributed by atoms with Gasteiger partial charge in [0.15, 0.2) is 0 Å². The molecular weight excluding hydrogens is 324 g/mol. The molecule has 3 unspecified atom stereocenters. The third kappa shape index (κ3) is 3.42. The van der Waals surface area contributed by atoms with E-state index in [9.17, 15) is 9.90 Å². The lowest BCUT2D eigenvalue weighted by Crippen LogP contribution is -2.30. The Hall–Kier alpha value is -2.10. The second kappa shape index (κ2) is 7.65. The van der Waals surface area contributed by atoms with Gasteiger partial charge in [-0.15, -0.1) is 0 Å². The van der Waals surface area contributed by atoms with Crippen molar-refractivity contribution >= 4 is 5.97 Å². The average Bonchev–Trinajstić information content (AvgIpc) is 3.29. The molecule has 0 amide bonds. The number of hydrogen-bond acceptors (Lipinski definition) is 2. The first-order chi connectivity index (χ1) is 12.4. The van der Waals surface area contributed by atoms with Gasteiger partial charge in [0.2, 0.25) is 0 Å². The number of aromatic nitrogens is 2. The third-order valence-corrected chi connectivity index (χ3v) is 6.30. The molecule has 1 fully saturated rings. The van der Waals surface area contributed by atoms with E-state index in [1.807, 2.05) is 19.3 Å². The van der Waals surface area contributed by atoms with Gasteiger partial charge in [-0.05, 0) is 56.2 Å². The molecule has 4 heteroatoms. The molecule has 26 heavy (non-hydrogen) atoms. The number of rotatable bonds is 6. The number of aryl methyl sites for hydroxylation is 1. The van der Waals surface area contributed by atoms with Gasteiger partial charge in [-0.3, -0.25) is 4.79 Å². The molecule has 3 rings (SSSR count). The predicted molar refractivity (Wildman–Crippen MR) is 103 cm³/mol. The molecule has 0 spiro atoms. The summed E-state index contributed by atoms with van der Waals surface area (Å²) in [5.41, 5.74) is 3.84. The molecule has 3 atom stereocenters. The van der Waals surface area contributed by atoms with E-state index in [1.54, 1.807) is 0 Å². The number of carbonyl (C=O) groups is 1. The second-order valence-electron chi connectivity index (χ2n) is 7.87. The van der Waals surface area contributed by atoms with Gasteiger partial charge in [-0.25, -0.2) is 4.98 Å². The smallest absolute Gasteiger partial charge is 0.308 e. The largest absolute Gasteiger partial charge is 0.481 e. The highest BCUT2D eigenvalue weighted by Crippen LogP contribution is 2.40. The van der Waals surface area contributed by atoms with Crippen LogP contribution in [0.2, 0.25) is 0 Å². The van der Waals surface area contributed by atoms with Crippen LogP contribution in [0.5, 0.6) is 0 Å². The van der Waals surface area contributed by atoms with Gasteiger partial charge in [0.25, 0.3) is 0 Å². The van der Waals surface area contributed by atoms with Crippen LogP contribution in [0, 0.1) is 25.7 Å². The molecule has 1 aliphatic carbocycles. The van der Waals surface area contributed by atoms with Crippen molar-refractivity contribution in [1.82, 2.24) is 9.55 Å². The highest BCUT2D eigenvalue weighted by atomic mass is 16.4. The highest BCUT2D eigenvalue weighted by molar-refractivity contribution is 5.70. The van der Waals surface area contributed by atoms with Crippen LogP contribution in [0.3, 0.4) is 0 Å². The average molecular weight is 354 g/mol. The van der Waals surface area contributed by atoms with Crippen molar-refractivity contribution in [3.05, 3.63) is 53.1 Å². The van der Waals surface area contributed by atoms with Crippen molar-refractivity contribution in [2.45, 2.75) is 65.3 Å². The van der Waals surface area contributed by atoms with E-state index in [-0.39, 0.29) is 12.0 Å². The van der Waals surface area contributed by atoms with Crippen LogP contribution in [0.1, 0.15) is 74.0 Å². The quantitative estimate of drug-likeness (QED) is 0.785. The SMILES string of the molecule is Cc1cccc(C(C)c2nccn2C(C2CCCC2)C(C)C(=O)O)c1C. The van der Waals surface area contributed by atoms with Crippen molar-refractivity contribution in [2.75, 3.05) is 0 Å². The van der Waals surface area contributed by atoms with E-state index >= 15 is 0 Å². The maximum absolute atomic E-state index is 11.8. The number of hydrogen-bond donors (Lipinski definition) is 1. The Morgan fingerprint density at radius 3 is 2.58 bits per heavy atom. The number of imidazole rings is 1. The molecular formula is C22H30N2O2. The Balaban J connectivity index is 2.02. The first kappa shape index (κ1) is 18.7. The lowest BCUT2D eigenvalue weighted by Gasteiger charge is -2.31. The Morgan fingerprint density at radius 1 is 1.23 bits per heavy atom. The van der Waals surface area contributed by atoms with Crippen LogP contribution < -0.4 is 0 Å². The maximum atomic E-state index is 11.8. The number of aliphatic carboxylic acids is 1. The Bertz CT molecular complexity index is 774. The van der Waals surface area contributed by atoms with Crippen LogP contribution in [0.4, 0.5) is 0 Å². The molecule has 1 N–H and O–H groups in total. The number of nitrogens with zero attached hydrogens (tertiary/aromatic N) is 2. The lowest BCUT2D eigenvalue weighted by molar-refractivity contribution is -0.143. The molecule has 0 aliphatic heterocycles. The minimum Gasteiger partial charge on any atom is -0.481 e. The third-order valence-electron chi connectivity index (χ3n) is 6.30. The normalized spacial score (nSPS) is 18.6. The second-order valence-corrected chi connectivity index (χ2v) is 7.87. The lowest BCUT2D eigenvalue weighted by atomic mass is 9.86. The van der Waals surface area contributed by atoms with E-state index in [1.165, 1.54) is 29.5 Å². The fraction of sp³-hybridized carbons (Fsp3) is 0.545. The summed E-state index contributed by atoms with van der Waals surface area (Å²) in [5.74, 6) is 0.385. The monoisotopic (exact) mass is 354 g/mol. The fourth-order valence-electron chi connectivity index (χ4n) is 4.62. The summed E-state index contributed by atoms with van der Waals surface area (Å²) >= 11 is 0. The summed E-state index contributed by atoms with van der Waals surface area (Å²) in [7, 11) is 0. The van der Waals surface area contributed by atoms with Crippen LogP contribution in [0.25, 0.3) is 0 Å². The molecule has 2 aromatic rings. The van der Waals surface area contributed by atoms with Gasteiger partial charge in [-0.2, -0.15) is 0 Å². The minimum absolute atomic E-state index is 0.0277. The molecule has 0 radical (unpaired) electrons. The van der Waals surface area contributed by atoms with E-state index in [2.05, 4.69) is 48.5 Å². The summed E-state index contributed by atoms with van der Waals surface area (Å²) < 4.78 is 2.17. The van der Waals surface area contributed by atoms with Crippen LogP contribution >= 0.6 is 0 Å². The van der Waals surface area contributed by atoms with Crippen molar-refractivity contribution in [3.8, 4) is 0 Å². The molecule has 1 heterocycles. The fourth-order valence-corrected chi connectivity index (χ4v) is 4.62. The van der Waals surface area contributed by atoms with Crippen LogP contribution in [-0.4, -0.2) is 20.6 Å². The molecule has 4 nitrogen and oxygen atoms in total. The molecule has 1 aromatic carbocycles. The highest BCUT2D eigenvalue weighted by Gasteiger charge is 2.36. The number of carboxylic acids is 1. The molecule has 1 aromatic heterocycles. The zero-order valence-electron chi connectivity index (χ0n) is 16.3. The number of benzene rings is 1. The Labute approximate surface area is 156 Å². The van der Waals surface area contributed by atoms with Gasteiger partial charge in [0.1, 0.15) is 5.82 Å². The van der Waals surface area contributed by atoms with Crippen molar-refractivity contribution in [1.29, 1.82) is 0 Å². The van der Waals surface area contributed by atoms with Crippen molar-refractivity contribution < 1.29 is 9.90 Å². The minimum atomic E-state index is -0.721. The van der Waals surface area contributed by atoms with E-state index < -0.39 is 11.9 Å². The number of carboxylic acid groups (broad SMARTS) is 1. The van der Waals surface area contributed by atoms with E-state index in [4.69, 9.17) is 0 Å². The zero-order valence-corrected chi connectivity index (χ0v) is 16.3. The first-order valence-electron chi connectivity index (χ1n) is 9.73. The molecule has 140 valence electrons. The molecule has 1 aliphatic rings. The maximum Gasteiger partial charge on any atom is 0.308 e. The zero-order chi connectivity index (χ0) is 18.8. The van der Waals surface area contributed by atoms with E-state index in [0.29, 0.717) is 5.92 Å². The standard InChI is InChI=1S/C22H30N2O2/c1-14-8-7-11-19(15(14)2)16(3)21-23-12-13-24(21)20(17(4)22(25)26)18-9-5-6-10-18/h7-8,11-13,16-18,20H,5-6,9-10H2,1-4H3,(H,25,26). The summed E-state index contributed by atoms with van der Waals surface area (Å²) in [6.45, 7) is 8.31. The first-order valence-corrected chi connectivity index (χ1v) is 9.73. The topological polar surface area (TPSA) is 55.1 Å². The summed E-state index contributed by atoms with van der Waals surface area (Å²) in [6.07, 6.45) is 8.43. The van der Waals surface area contributed by atoms with E-state index in [0.717, 1.165) is 18.7 Å². The summed E-state index contributed by atoms with van der Waals surface area (Å²) in [4.78, 5) is 16.5. The van der Waals surface area contributed by atoms with Gasteiger partial charge in [0.05, 0.1) is 12.0 Å². The van der Waals surface area contributed by atoms with Crippen molar-refractivity contribution in [2.24, 2.45) is 11.8 Å². The van der Waals surface area contributed by atoms with Gasteiger partial charge >= 0.3 is 5.97 Å². The Morgan fingerprint density at radius 2 is 1.92 bits per heavy atom.